The number of unbranched alkanes of at least 4 members (excludes halogenated alkanes) is 5. The highest BCUT2D eigenvalue weighted by atomic mass is 16.5. The van der Waals surface area contributed by atoms with Gasteiger partial charge in [-0.25, -0.2) is 0 Å². The van der Waals surface area contributed by atoms with E-state index in [4.69, 9.17) is 10.5 Å². The molecule has 0 aromatic rings. The molecule has 3 unspecified atom stereocenters. The molecule has 0 rings (SSSR count). The molecule has 22 heavy (non-hydrogen) atoms. The maximum absolute atomic E-state index is 5.78. The minimum Gasteiger partial charge on any atom is -0.382 e. The molecule has 0 spiro atoms. The Balaban J connectivity index is 3.84. The van der Waals surface area contributed by atoms with Crippen LogP contribution in [-0.2, 0) is 4.74 Å². The maximum Gasteiger partial charge on any atom is 0.0465 e. The summed E-state index contributed by atoms with van der Waals surface area (Å²) in [5.74, 6) is 3.21. The third-order valence-electron chi connectivity index (χ3n) is 5.36. The van der Waals surface area contributed by atoms with E-state index in [2.05, 4.69) is 34.6 Å². The van der Waals surface area contributed by atoms with E-state index in [1.165, 1.54) is 51.4 Å². The number of ether oxygens (including phenoxy) is 1. The van der Waals surface area contributed by atoms with Crippen molar-refractivity contribution >= 4 is 0 Å². The summed E-state index contributed by atoms with van der Waals surface area (Å²) in [7, 11) is 0. The van der Waals surface area contributed by atoms with Crippen molar-refractivity contribution < 1.29 is 4.74 Å². The van der Waals surface area contributed by atoms with Crippen molar-refractivity contribution in [2.45, 2.75) is 86.0 Å². The molecule has 0 radical (unpaired) electrons. The smallest absolute Gasteiger partial charge is 0.0465 e. The Morgan fingerprint density at radius 1 is 0.818 bits per heavy atom. The molecule has 0 aromatic carbocycles. The molecule has 0 aromatic heterocycles. The average Bonchev–Trinajstić information content (AvgIpc) is 2.48. The molecule has 134 valence electrons. The van der Waals surface area contributed by atoms with Gasteiger partial charge in [-0.05, 0) is 56.4 Å². The van der Waals surface area contributed by atoms with Gasteiger partial charge in [-0.3, -0.25) is 0 Å². The van der Waals surface area contributed by atoms with E-state index in [9.17, 15) is 0 Å². The fraction of sp³-hybridized carbons (Fsp3) is 1.00. The van der Waals surface area contributed by atoms with Crippen LogP contribution in [0, 0.1) is 23.7 Å². The van der Waals surface area contributed by atoms with Crippen LogP contribution in [0.15, 0.2) is 0 Å². The van der Waals surface area contributed by atoms with E-state index in [1.54, 1.807) is 0 Å². The second-order valence-electron chi connectivity index (χ2n) is 7.43. The first-order chi connectivity index (χ1) is 10.5. The van der Waals surface area contributed by atoms with E-state index < -0.39 is 0 Å². The zero-order chi connectivity index (χ0) is 16.8. The van der Waals surface area contributed by atoms with Gasteiger partial charge in [-0.2, -0.15) is 0 Å². The third-order valence-corrected chi connectivity index (χ3v) is 5.36. The highest BCUT2D eigenvalue weighted by molar-refractivity contribution is 4.75. The summed E-state index contributed by atoms with van der Waals surface area (Å²) in [6, 6.07) is 0. The van der Waals surface area contributed by atoms with Crippen LogP contribution in [0.1, 0.15) is 86.0 Å². The van der Waals surface area contributed by atoms with Crippen LogP contribution in [0.3, 0.4) is 0 Å². The Kier molecular flexibility index (Phi) is 14.5. The quantitative estimate of drug-likeness (QED) is 0.397. The highest BCUT2D eigenvalue weighted by Crippen LogP contribution is 2.33. The van der Waals surface area contributed by atoms with E-state index >= 15 is 0 Å². The predicted molar refractivity (Wildman–Crippen MR) is 99.1 cm³/mol. The summed E-state index contributed by atoms with van der Waals surface area (Å²) in [5, 5.41) is 0. The van der Waals surface area contributed by atoms with Crippen molar-refractivity contribution in [1.29, 1.82) is 0 Å². The average molecular weight is 314 g/mol. The molecule has 0 aliphatic rings. The van der Waals surface area contributed by atoms with Crippen molar-refractivity contribution in [3.8, 4) is 0 Å². The summed E-state index contributed by atoms with van der Waals surface area (Å²) in [6.45, 7) is 14.3. The van der Waals surface area contributed by atoms with Crippen LogP contribution in [-0.4, -0.2) is 19.8 Å². The van der Waals surface area contributed by atoms with Crippen molar-refractivity contribution in [2.24, 2.45) is 29.4 Å². The van der Waals surface area contributed by atoms with Crippen LogP contribution in [0.25, 0.3) is 0 Å². The van der Waals surface area contributed by atoms with Gasteiger partial charge in [0.05, 0.1) is 0 Å². The Morgan fingerprint density at radius 2 is 1.41 bits per heavy atom. The van der Waals surface area contributed by atoms with Gasteiger partial charge in [0.1, 0.15) is 0 Å². The number of hydrogen-bond acceptors (Lipinski definition) is 2. The van der Waals surface area contributed by atoms with Crippen LogP contribution < -0.4 is 5.73 Å². The SMILES string of the molecule is CCOCCCCCCCCC(C(C)CCN)C(C)C(C)C. The Bertz CT molecular complexity index is 230. The standard InChI is InChI=1S/C20H43NO/c1-6-22-16-12-10-8-7-9-11-13-20(18(4)14-15-21)19(5)17(2)3/h17-20H,6-16,21H2,1-5H3. The Labute approximate surface area is 140 Å². The van der Waals surface area contributed by atoms with Gasteiger partial charge < -0.3 is 10.5 Å². The normalized spacial score (nSPS) is 16.0. The second-order valence-corrected chi connectivity index (χ2v) is 7.43. The number of hydrogen-bond donors (Lipinski definition) is 1. The largest absolute Gasteiger partial charge is 0.382 e. The van der Waals surface area contributed by atoms with Gasteiger partial charge in [0.25, 0.3) is 0 Å². The number of nitrogens with two attached hydrogens (primary N) is 1. The van der Waals surface area contributed by atoms with Crippen LogP contribution in [0.4, 0.5) is 0 Å². The lowest BCUT2D eigenvalue weighted by Crippen LogP contribution is -2.25. The van der Waals surface area contributed by atoms with Crippen molar-refractivity contribution in [1.82, 2.24) is 0 Å². The molecule has 2 N–H and O–H groups in total. The molecule has 0 amide bonds. The van der Waals surface area contributed by atoms with Crippen molar-refractivity contribution in [3.63, 3.8) is 0 Å². The fourth-order valence-corrected chi connectivity index (χ4v) is 3.47. The van der Waals surface area contributed by atoms with E-state index in [1.807, 2.05) is 0 Å². The maximum atomic E-state index is 5.78. The topological polar surface area (TPSA) is 35.2 Å². The first kappa shape index (κ1) is 21.9. The van der Waals surface area contributed by atoms with Gasteiger partial charge >= 0.3 is 0 Å². The van der Waals surface area contributed by atoms with E-state index in [0.29, 0.717) is 0 Å². The van der Waals surface area contributed by atoms with Crippen LogP contribution in [0.2, 0.25) is 0 Å². The lowest BCUT2D eigenvalue weighted by Gasteiger charge is -2.32. The van der Waals surface area contributed by atoms with Crippen molar-refractivity contribution in [2.75, 3.05) is 19.8 Å². The molecule has 2 nitrogen and oxygen atoms in total. The first-order valence-electron chi connectivity index (χ1n) is 9.82. The second kappa shape index (κ2) is 14.5. The Hall–Kier alpha value is -0.0800. The number of rotatable bonds is 15. The fourth-order valence-electron chi connectivity index (χ4n) is 3.47. The van der Waals surface area contributed by atoms with Gasteiger partial charge in [0, 0.05) is 13.2 Å². The molecule has 0 heterocycles. The summed E-state index contributed by atoms with van der Waals surface area (Å²) in [4.78, 5) is 0. The molecular formula is C20H43NO. The third kappa shape index (κ3) is 10.6. The zero-order valence-electron chi connectivity index (χ0n) is 16.1. The van der Waals surface area contributed by atoms with Gasteiger partial charge in [-0.1, -0.05) is 59.8 Å². The highest BCUT2D eigenvalue weighted by Gasteiger charge is 2.24. The van der Waals surface area contributed by atoms with Gasteiger partial charge in [0.2, 0.25) is 0 Å². The molecular weight excluding hydrogens is 270 g/mol. The van der Waals surface area contributed by atoms with Crippen molar-refractivity contribution in [3.05, 3.63) is 0 Å². The van der Waals surface area contributed by atoms with Crippen LogP contribution >= 0.6 is 0 Å². The van der Waals surface area contributed by atoms with Gasteiger partial charge in [-0.15, -0.1) is 0 Å². The molecule has 3 atom stereocenters. The molecule has 2 heteroatoms. The lowest BCUT2D eigenvalue weighted by atomic mass is 9.74. The molecule has 0 fully saturated rings. The molecule has 0 bridgehead atoms. The molecule has 0 saturated heterocycles. The Morgan fingerprint density at radius 3 is 1.95 bits per heavy atom. The molecule has 0 aliphatic carbocycles. The first-order valence-corrected chi connectivity index (χ1v) is 9.82. The van der Waals surface area contributed by atoms with Gasteiger partial charge in [0.15, 0.2) is 0 Å². The summed E-state index contributed by atoms with van der Waals surface area (Å²) < 4.78 is 5.38. The summed E-state index contributed by atoms with van der Waals surface area (Å²) >= 11 is 0. The lowest BCUT2D eigenvalue weighted by molar-refractivity contribution is 0.142. The molecule has 0 aliphatic heterocycles. The minimum absolute atomic E-state index is 0.772. The zero-order valence-corrected chi connectivity index (χ0v) is 16.1. The summed E-state index contributed by atoms with van der Waals surface area (Å²) in [6.07, 6.45) is 10.7. The predicted octanol–water partition coefficient (Wildman–Crippen LogP) is 5.65. The van der Waals surface area contributed by atoms with E-state index in [-0.39, 0.29) is 0 Å². The summed E-state index contributed by atoms with van der Waals surface area (Å²) in [5.41, 5.74) is 5.78. The van der Waals surface area contributed by atoms with Crippen LogP contribution in [0.5, 0.6) is 0 Å². The monoisotopic (exact) mass is 313 g/mol. The van der Waals surface area contributed by atoms with E-state index in [0.717, 1.165) is 43.4 Å². The molecule has 0 saturated carbocycles. The minimum atomic E-state index is 0.772.